The maximum Gasteiger partial charge on any atom is 0.263 e. The molecule has 0 amide bonds. The third-order valence-corrected chi connectivity index (χ3v) is 7.11. The van der Waals surface area contributed by atoms with E-state index in [-0.39, 0.29) is 5.56 Å². The molecule has 0 aliphatic heterocycles. The number of aromatic nitrogens is 2. The van der Waals surface area contributed by atoms with Crippen molar-refractivity contribution in [3.8, 4) is 16.9 Å². The Hall–Kier alpha value is -2.83. The molecule has 0 unspecified atom stereocenters. The van der Waals surface area contributed by atoms with Crippen LogP contribution in [0.25, 0.3) is 21.3 Å². The van der Waals surface area contributed by atoms with Crippen molar-refractivity contribution in [2.24, 2.45) is 0 Å². The van der Waals surface area contributed by atoms with E-state index in [0.717, 1.165) is 51.0 Å². The molecule has 4 aromatic rings. The molecule has 0 saturated heterocycles. The van der Waals surface area contributed by atoms with Gasteiger partial charge in [-0.05, 0) is 37.0 Å². The minimum absolute atomic E-state index is 0.000360. The molecule has 2 aromatic carbocycles. The van der Waals surface area contributed by atoms with Crippen molar-refractivity contribution < 1.29 is 4.74 Å². The van der Waals surface area contributed by atoms with Crippen molar-refractivity contribution in [3.05, 3.63) is 88.5 Å². The quantitative estimate of drug-likeness (QED) is 0.116. The van der Waals surface area contributed by atoms with E-state index in [2.05, 4.69) is 19.6 Å². The first-order chi connectivity index (χ1) is 15.7. The molecule has 6 heteroatoms. The summed E-state index contributed by atoms with van der Waals surface area (Å²) in [5.74, 6) is 1.82. The molecule has 0 aliphatic carbocycles. The largest absolute Gasteiger partial charge is 0.493 e. The first kappa shape index (κ1) is 22.4. The van der Waals surface area contributed by atoms with Crippen LogP contribution in [0.2, 0.25) is 0 Å². The zero-order chi connectivity index (χ0) is 22.3. The molecule has 0 bridgehead atoms. The van der Waals surface area contributed by atoms with E-state index >= 15 is 0 Å². The number of allylic oxidation sites excluding steroid dienone is 1. The fourth-order valence-electron chi connectivity index (χ4n) is 3.50. The Balaban J connectivity index is 1.45. The van der Waals surface area contributed by atoms with Gasteiger partial charge in [-0.15, -0.1) is 17.9 Å². The van der Waals surface area contributed by atoms with E-state index in [1.807, 2.05) is 53.9 Å². The summed E-state index contributed by atoms with van der Waals surface area (Å²) < 4.78 is 7.62. The molecule has 0 fully saturated rings. The second-order valence-corrected chi connectivity index (χ2v) is 9.38. The topological polar surface area (TPSA) is 44.1 Å². The van der Waals surface area contributed by atoms with Gasteiger partial charge < -0.3 is 4.74 Å². The molecular formula is C26H26N2O2S2. The van der Waals surface area contributed by atoms with Gasteiger partial charge in [0.1, 0.15) is 10.6 Å². The average molecular weight is 463 g/mol. The predicted molar refractivity (Wildman–Crippen MR) is 136 cm³/mol. The lowest BCUT2D eigenvalue weighted by Gasteiger charge is -2.11. The van der Waals surface area contributed by atoms with Crippen LogP contribution in [0, 0.1) is 6.92 Å². The van der Waals surface area contributed by atoms with Gasteiger partial charge in [0.05, 0.1) is 12.0 Å². The highest BCUT2D eigenvalue weighted by Gasteiger charge is 2.16. The predicted octanol–water partition coefficient (Wildman–Crippen LogP) is 6.57. The van der Waals surface area contributed by atoms with Gasteiger partial charge in [0, 0.05) is 23.2 Å². The zero-order valence-electron chi connectivity index (χ0n) is 18.1. The molecule has 0 aliphatic rings. The number of fused-ring (bicyclic) bond motifs is 1. The Labute approximate surface area is 196 Å². The van der Waals surface area contributed by atoms with E-state index in [4.69, 9.17) is 9.72 Å². The standard InChI is InChI=1S/C26H26N2O2S2/c1-3-15-28-25(29)23-21(20-12-5-4-6-13-20)18-32-24(23)27-26(28)31-17-10-9-16-30-22-14-8-7-11-19(22)2/h3-8,11-14,18H,1,9-10,15-17H2,2H3. The van der Waals surface area contributed by atoms with Crippen molar-refractivity contribution in [3.63, 3.8) is 0 Å². The molecule has 2 heterocycles. The number of aryl methyl sites for hydroxylation is 1. The lowest BCUT2D eigenvalue weighted by molar-refractivity contribution is 0.308. The number of unbranched alkanes of at least 4 members (excludes halogenated alkanes) is 1. The average Bonchev–Trinajstić information content (AvgIpc) is 3.24. The van der Waals surface area contributed by atoms with Gasteiger partial charge in [-0.3, -0.25) is 9.36 Å². The van der Waals surface area contributed by atoms with Crippen molar-refractivity contribution in [2.75, 3.05) is 12.4 Å². The van der Waals surface area contributed by atoms with Crippen LogP contribution in [-0.4, -0.2) is 21.9 Å². The molecule has 4 nitrogen and oxygen atoms in total. The highest BCUT2D eigenvalue weighted by Crippen LogP contribution is 2.32. The number of rotatable bonds is 10. The molecule has 0 atom stereocenters. The van der Waals surface area contributed by atoms with Crippen molar-refractivity contribution in [1.82, 2.24) is 9.55 Å². The second kappa shape index (κ2) is 10.7. The molecule has 0 saturated carbocycles. The highest BCUT2D eigenvalue weighted by molar-refractivity contribution is 7.99. The third kappa shape index (κ3) is 4.97. The summed E-state index contributed by atoms with van der Waals surface area (Å²) in [4.78, 5) is 19.0. The van der Waals surface area contributed by atoms with Crippen LogP contribution in [0.15, 0.2) is 82.6 Å². The second-order valence-electron chi connectivity index (χ2n) is 7.46. The summed E-state index contributed by atoms with van der Waals surface area (Å²) in [5.41, 5.74) is 3.14. The van der Waals surface area contributed by atoms with Crippen LogP contribution in [0.5, 0.6) is 5.75 Å². The number of hydrogen-bond donors (Lipinski definition) is 0. The maximum absolute atomic E-state index is 13.4. The van der Waals surface area contributed by atoms with Gasteiger partial charge in [0.15, 0.2) is 5.16 Å². The highest BCUT2D eigenvalue weighted by atomic mass is 32.2. The SMILES string of the molecule is C=CCn1c(SCCCCOc2ccccc2C)nc2scc(-c3ccccc3)c2c1=O. The third-order valence-electron chi connectivity index (χ3n) is 5.18. The summed E-state index contributed by atoms with van der Waals surface area (Å²) in [6, 6.07) is 18.1. The van der Waals surface area contributed by atoms with Gasteiger partial charge >= 0.3 is 0 Å². The lowest BCUT2D eigenvalue weighted by Crippen LogP contribution is -2.22. The number of nitrogens with zero attached hydrogens (tertiary/aromatic N) is 2. The van der Waals surface area contributed by atoms with Crippen LogP contribution in [0.1, 0.15) is 18.4 Å². The number of para-hydroxylation sites is 1. The van der Waals surface area contributed by atoms with Crippen LogP contribution < -0.4 is 10.3 Å². The van der Waals surface area contributed by atoms with E-state index in [9.17, 15) is 4.79 Å². The van der Waals surface area contributed by atoms with Gasteiger partial charge in [0.25, 0.3) is 5.56 Å². The normalized spacial score (nSPS) is 11.0. The van der Waals surface area contributed by atoms with Gasteiger partial charge in [-0.25, -0.2) is 4.98 Å². The van der Waals surface area contributed by atoms with Crippen LogP contribution >= 0.6 is 23.1 Å². The summed E-state index contributed by atoms with van der Waals surface area (Å²) in [6.45, 7) is 7.02. The first-order valence-electron chi connectivity index (χ1n) is 10.7. The molecular weight excluding hydrogens is 436 g/mol. The van der Waals surface area contributed by atoms with Crippen molar-refractivity contribution in [2.45, 2.75) is 31.5 Å². The maximum atomic E-state index is 13.4. The van der Waals surface area contributed by atoms with Crippen LogP contribution in [0.4, 0.5) is 0 Å². The smallest absolute Gasteiger partial charge is 0.263 e. The van der Waals surface area contributed by atoms with E-state index in [0.29, 0.717) is 18.5 Å². The zero-order valence-corrected chi connectivity index (χ0v) is 19.8. The fraction of sp³-hybridized carbons (Fsp3) is 0.231. The summed E-state index contributed by atoms with van der Waals surface area (Å²) in [7, 11) is 0. The van der Waals surface area contributed by atoms with Crippen molar-refractivity contribution in [1.29, 1.82) is 0 Å². The van der Waals surface area contributed by atoms with Crippen molar-refractivity contribution >= 4 is 33.3 Å². The minimum Gasteiger partial charge on any atom is -0.493 e. The van der Waals surface area contributed by atoms with Crippen LogP contribution in [0.3, 0.4) is 0 Å². The van der Waals surface area contributed by atoms with Gasteiger partial charge in [-0.1, -0.05) is 66.4 Å². The van der Waals surface area contributed by atoms with Gasteiger partial charge in [-0.2, -0.15) is 0 Å². The Morgan fingerprint density at radius 3 is 2.69 bits per heavy atom. The number of thiophene rings is 1. The number of hydrogen-bond acceptors (Lipinski definition) is 5. The number of benzene rings is 2. The summed E-state index contributed by atoms with van der Waals surface area (Å²) in [6.07, 6.45) is 3.69. The molecule has 0 spiro atoms. The van der Waals surface area contributed by atoms with E-state index in [1.54, 1.807) is 22.4 Å². The Bertz CT molecular complexity index is 1260. The number of ether oxygens (including phenoxy) is 1. The molecule has 164 valence electrons. The Morgan fingerprint density at radius 2 is 1.91 bits per heavy atom. The van der Waals surface area contributed by atoms with E-state index < -0.39 is 0 Å². The Kier molecular flexibility index (Phi) is 7.45. The lowest BCUT2D eigenvalue weighted by atomic mass is 10.1. The monoisotopic (exact) mass is 462 g/mol. The van der Waals surface area contributed by atoms with Crippen LogP contribution in [-0.2, 0) is 6.54 Å². The van der Waals surface area contributed by atoms with Gasteiger partial charge in [0.2, 0.25) is 0 Å². The molecule has 2 aromatic heterocycles. The fourth-order valence-corrected chi connectivity index (χ4v) is 5.50. The molecule has 0 radical (unpaired) electrons. The summed E-state index contributed by atoms with van der Waals surface area (Å²) in [5, 5.41) is 3.48. The minimum atomic E-state index is 0.000360. The summed E-state index contributed by atoms with van der Waals surface area (Å²) >= 11 is 3.15. The first-order valence-corrected chi connectivity index (χ1v) is 12.5. The molecule has 4 rings (SSSR count). The molecule has 0 N–H and O–H groups in total. The number of thioether (sulfide) groups is 1. The Morgan fingerprint density at radius 1 is 1.12 bits per heavy atom. The molecule has 32 heavy (non-hydrogen) atoms. The van der Waals surface area contributed by atoms with E-state index in [1.165, 1.54) is 11.3 Å².